The van der Waals surface area contributed by atoms with Gasteiger partial charge in [0.2, 0.25) is 0 Å². The predicted molar refractivity (Wildman–Crippen MR) is 74.1 cm³/mol. The Hall–Kier alpha value is -0.980. The molecule has 0 aliphatic heterocycles. The molecule has 0 bridgehead atoms. The van der Waals surface area contributed by atoms with Gasteiger partial charge in [-0.05, 0) is 18.1 Å². The van der Waals surface area contributed by atoms with Crippen LogP contribution in [0.4, 0.5) is 0 Å². The Kier molecular flexibility index (Phi) is 5.06. The summed E-state index contributed by atoms with van der Waals surface area (Å²) >= 11 is 0. The minimum atomic E-state index is -3.62. The van der Waals surface area contributed by atoms with Crippen LogP contribution in [-0.2, 0) is 10.0 Å². The second-order valence-electron chi connectivity index (χ2n) is 5.67. The summed E-state index contributed by atoms with van der Waals surface area (Å²) in [5.74, 6) is 0.0642. The van der Waals surface area contributed by atoms with Gasteiger partial charge >= 0.3 is 0 Å². The molecule has 1 atom stereocenters. The topological polar surface area (TPSA) is 79.3 Å². The normalized spacial score (nSPS) is 14.6. The van der Waals surface area contributed by atoms with Gasteiger partial charge in [0.25, 0.3) is 10.0 Å². The van der Waals surface area contributed by atoms with Gasteiger partial charge in [0.1, 0.15) is 0 Å². The van der Waals surface area contributed by atoms with Crippen molar-refractivity contribution in [1.82, 2.24) is 9.71 Å². The Bertz CT molecular complexity index is 498. The number of hydrogen-bond donors (Lipinski definition) is 2. The third-order valence-corrected chi connectivity index (χ3v) is 4.38. The lowest BCUT2D eigenvalue weighted by Gasteiger charge is -2.33. The summed E-state index contributed by atoms with van der Waals surface area (Å²) in [4.78, 5) is 3.82. The molecule has 0 fully saturated rings. The summed E-state index contributed by atoms with van der Waals surface area (Å²) in [7, 11) is -3.62. The van der Waals surface area contributed by atoms with Gasteiger partial charge in [0, 0.05) is 18.2 Å². The molecule has 2 N–H and O–H groups in total. The van der Waals surface area contributed by atoms with Crippen molar-refractivity contribution < 1.29 is 13.5 Å². The van der Waals surface area contributed by atoms with Crippen molar-refractivity contribution in [2.24, 2.45) is 11.3 Å². The van der Waals surface area contributed by atoms with E-state index in [1.807, 2.05) is 27.7 Å². The summed E-state index contributed by atoms with van der Waals surface area (Å²) < 4.78 is 26.5. The molecule has 1 aromatic heterocycles. The Morgan fingerprint density at radius 2 is 2.00 bits per heavy atom. The van der Waals surface area contributed by atoms with E-state index in [4.69, 9.17) is 0 Å². The lowest BCUT2D eigenvalue weighted by atomic mass is 9.81. The maximum atomic E-state index is 12.0. The second kappa shape index (κ2) is 5.98. The van der Waals surface area contributed by atoms with Gasteiger partial charge < -0.3 is 5.11 Å². The van der Waals surface area contributed by atoms with Crippen LogP contribution in [0.25, 0.3) is 0 Å². The molecule has 1 heterocycles. The molecule has 0 radical (unpaired) electrons. The summed E-state index contributed by atoms with van der Waals surface area (Å²) in [6.07, 6.45) is 0.849. The fourth-order valence-electron chi connectivity index (χ4n) is 1.87. The van der Waals surface area contributed by atoms with E-state index in [1.165, 1.54) is 12.3 Å². The van der Waals surface area contributed by atoms with Gasteiger partial charge in [-0.15, -0.1) is 0 Å². The summed E-state index contributed by atoms with van der Waals surface area (Å²) in [6, 6.07) is 4.72. The number of rotatable bonds is 6. The number of hydrogen-bond acceptors (Lipinski definition) is 4. The second-order valence-corrected chi connectivity index (χ2v) is 7.38. The first-order chi connectivity index (χ1) is 8.67. The monoisotopic (exact) mass is 286 g/mol. The molecule has 0 amide bonds. The molecule has 108 valence electrons. The summed E-state index contributed by atoms with van der Waals surface area (Å²) in [5.41, 5.74) is -0.546. The Morgan fingerprint density at radius 3 is 2.47 bits per heavy atom. The zero-order chi connectivity index (χ0) is 14.7. The molecule has 6 heteroatoms. The fraction of sp³-hybridized carbons (Fsp3) is 0.615. The molecule has 0 saturated heterocycles. The van der Waals surface area contributed by atoms with Crippen LogP contribution in [0.2, 0.25) is 0 Å². The molecule has 0 aromatic carbocycles. The molecule has 19 heavy (non-hydrogen) atoms. The standard InChI is InChI=1S/C13H22N2O3S/c1-10(2)12(16)13(3,4)9-15-19(17,18)11-7-5-6-8-14-11/h5-8,10,12,15-16H,9H2,1-4H3. The average molecular weight is 286 g/mol. The molecule has 5 nitrogen and oxygen atoms in total. The van der Waals surface area contributed by atoms with Gasteiger partial charge in [-0.2, -0.15) is 0 Å². The van der Waals surface area contributed by atoms with Crippen molar-refractivity contribution in [2.45, 2.75) is 38.8 Å². The Morgan fingerprint density at radius 1 is 1.37 bits per heavy atom. The molecule has 0 aliphatic carbocycles. The van der Waals surface area contributed by atoms with E-state index in [0.717, 1.165) is 0 Å². The van der Waals surface area contributed by atoms with Crippen molar-refractivity contribution in [3.05, 3.63) is 24.4 Å². The van der Waals surface area contributed by atoms with Gasteiger partial charge in [-0.3, -0.25) is 0 Å². The molecule has 0 spiro atoms. The van der Waals surface area contributed by atoms with Crippen molar-refractivity contribution in [2.75, 3.05) is 6.54 Å². The van der Waals surface area contributed by atoms with Crippen molar-refractivity contribution in [3.8, 4) is 0 Å². The van der Waals surface area contributed by atoms with E-state index in [-0.39, 0.29) is 17.5 Å². The Balaban J connectivity index is 2.77. The quantitative estimate of drug-likeness (QED) is 0.828. The number of sulfonamides is 1. The maximum absolute atomic E-state index is 12.0. The van der Waals surface area contributed by atoms with Crippen molar-refractivity contribution in [3.63, 3.8) is 0 Å². The van der Waals surface area contributed by atoms with E-state index in [2.05, 4.69) is 9.71 Å². The lowest BCUT2D eigenvalue weighted by molar-refractivity contribution is 0.0166. The molecule has 1 unspecified atom stereocenters. The molecule has 1 aromatic rings. The smallest absolute Gasteiger partial charge is 0.258 e. The highest BCUT2D eigenvalue weighted by Crippen LogP contribution is 2.25. The minimum Gasteiger partial charge on any atom is -0.392 e. The van der Waals surface area contributed by atoms with E-state index in [0.29, 0.717) is 0 Å². The van der Waals surface area contributed by atoms with E-state index in [9.17, 15) is 13.5 Å². The van der Waals surface area contributed by atoms with Gasteiger partial charge in [-0.1, -0.05) is 33.8 Å². The Labute approximate surface area is 115 Å². The maximum Gasteiger partial charge on any atom is 0.258 e. The minimum absolute atomic E-state index is 0.00941. The van der Waals surface area contributed by atoms with Crippen molar-refractivity contribution in [1.29, 1.82) is 0 Å². The van der Waals surface area contributed by atoms with E-state index >= 15 is 0 Å². The van der Waals surface area contributed by atoms with Crippen LogP contribution in [0.15, 0.2) is 29.4 Å². The third-order valence-electron chi connectivity index (χ3n) is 3.06. The lowest BCUT2D eigenvalue weighted by Crippen LogP contribution is -2.43. The highest BCUT2D eigenvalue weighted by molar-refractivity contribution is 7.89. The zero-order valence-corrected chi connectivity index (χ0v) is 12.6. The van der Waals surface area contributed by atoms with Gasteiger partial charge in [-0.25, -0.2) is 18.1 Å². The number of aliphatic hydroxyl groups is 1. The largest absolute Gasteiger partial charge is 0.392 e. The van der Waals surface area contributed by atoms with Crippen LogP contribution in [0, 0.1) is 11.3 Å². The summed E-state index contributed by atoms with van der Waals surface area (Å²) in [5, 5.41) is 10.1. The SMILES string of the molecule is CC(C)C(O)C(C)(C)CNS(=O)(=O)c1ccccn1. The van der Waals surface area contributed by atoms with Crippen LogP contribution in [0.3, 0.4) is 0 Å². The fourth-order valence-corrected chi connectivity index (χ4v) is 3.04. The van der Waals surface area contributed by atoms with Gasteiger partial charge in [0.05, 0.1) is 6.10 Å². The number of aliphatic hydroxyl groups excluding tert-OH is 1. The number of pyridine rings is 1. The van der Waals surface area contributed by atoms with Crippen LogP contribution >= 0.6 is 0 Å². The van der Waals surface area contributed by atoms with Crippen LogP contribution < -0.4 is 4.72 Å². The highest BCUT2D eigenvalue weighted by Gasteiger charge is 2.31. The van der Waals surface area contributed by atoms with E-state index < -0.39 is 21.5 Å². The van der Waals surface area contributed by atoms with E-state index in [1.54, 1.807) is 12.1 Å². The van der Waals surface area contributed by atoms with Crippen molar-refractivity contribution >= 4 is 10.0 Å². The summed E-state index contributed by atoms with van der Waals surface area (Å²) in [6.45, 7) is 7.63. The first-order valence-electron chi connectivity index (χ1n) is 6.25. The zero-order valence-electron chi connectivity index (χ0n) is 11.8. The molecular weight excluding hydrogens is 264 g/mol. The van der Waals surface area contributed by atoms with Gasteiger partial charge in [0.15, 0.2) is 5.03 Å². The average Bonchev–Trinajstić information content (AvgIpc) is 2.37. The molecule has 1 rings (SSSR count). The van der Waals surface area contributed by atoms with Crippen LogP contribution in [-0.4, -0.2) is 31.2 Å². The van der Waals surface area contributed by atoms with Crippen LogP contribution in [0.5, 0.6) is 0 Å². The van der Waals surface area contributed by atoms with Crippen LogP contribution in [0.1, 0.15) is 27.7 Å². The first-order valence-corrected chi connectivity index (χ1v) is 7.74. The first kappa shape index (κ1) is 16.1. The predicted octanol–water partition coefficient (Wildman–Crippen LogP) is 1.40. The number of nitrogens with one attached hydrogen (secondary N) is 1. The number of aromatic nitrogens is 1. The molecule has 0 aliphatic rings. The third kappa shape index (κ3) is 4.26. The highest BCUT2D eigenvalue weighted by atomic mass is 32.2. The number of nitrogens with zero attached hydrogens (tertiary/aromatic N) is 1. The molecular formula is C13H22N2O3S. The molecule has 0 saturated carbocycles.